The Balaban J connectivity index is 1.75. The van der Waals surface area contributed by atoms with Gasteiger partial charge in [0.2, 0.25) is 0 Å². The molecule has 1 N–H and O–H groups in total. The molecule has 0 fully saturated rings. The number of rotatable bonds is 4. The number of hydrogen-bond donors (Lipinski definition) is 1. The van der Waals surface area contributed by atoms with Crippen LogP contribution in [0.4, 0.5) is 11.5 Å². The maximum Gasteiger partial charge on any atom is 0.250 e. The van der Waals surface area contributed by atoms with Crippen LogP contribution in [0.1, 0.15) is 11.1 Å². The summed E-state index contributed by atoms with van der Waals surface area (Å²) >= 11 is 0. The normalized spacial score (nSPS) is 13.0. The Hall–Kier alpha value is -3.41. The van der Waals surface area contributed by atoms with Crippen LogP contribution in [0, 0.1) is 6.92 Å². The Morgan fingerprint density at radius 1 is 1.33 bits per heavy atom. The van der Waals surface area contributed by atoms with Crippen molar-refractivity contribution in [2.75, 3.05) is 23.4 Å². The van der Waals surface area contributed by atoms with Crippen molar-refractivity contribution in [2.24, 2.45) is 0 Å². The fourth-order valence-corrected chi connectivity index (χ4v) is 3.31. The molecule has 1 aromatic heterocycles. The van der Waals surface area contributed by atoms with Gasteiger partial charge in [0.25, 0.3) is 5.91 Å². The molecular formula is C21H20N4O2. The van der Waals surface area contributed by atoms with Gasteiger partial charge in [0.1, 0.15) is 18.8 Å². The van der Waals surface area contributed by atoms with Gasteiger partial charge in [-0.05, 0) is 30.7 Å². The molecule has 27 heavy (non-hydrogen) atoms. The molecule has 0 radical (unpaired) electrons. The van der Waals surface area contributed by atoms with E-state index in [9.17, 15) is 4.79 Å². The Kier molecular flexibility index (Phi) is 4.46. The Bertz CT molecular complexity index is 1030. The van der Waals surface area contributed by atoms with Crippen molar-refractivity contribution in [3.63, 3.8) is 0 Å². The number of fused-ring (bicyclic) bond motifs is 3. The third-order valence-corrected chi connectivity index (χ3v) is 4.57. The van der Waals surface area contributed by atoms with Crippen molar-refractivity contribution in [3.8, 4) is 5.75 Å². The molecular weight excluding hydrogens is 340 g/mol. The Morgan fingerprint density at radius 2 is 2.22 bits per heavy atom. The van der Waals surface area contributed by atoms with E-state index in [1.54, 1.807) is 4.90 Å². The second-order valence-electron chi connectivity index (χ2n) is 6.42. The molecule has 0 unspecified atom stereocenters. The van der Waals surface area contributed by atoms with Gasteiger partial charge in [-0.1, -0.05) is 36.4 Å². The summed E-state index contributed by atoms with van der Waals surface area (Å²) in [5, 5.41) is 4.17. The van der Waals surface area contributed by atoms with Gasteiger partial charge < -0.3 is 15.0 Å². The first kappa shape index (κ1) is 17.0. The predicted molar refractivity (Wildman–Crippen MR) is 106 cm³/mol. The molecule has 136 valence electrons. The monoisotopic (exact) mass is 360 g/mol. The fraction of sp³-hybridized carbons (Fsp3) is 0.190. The largest absolute Gasteiger partial charge is 0.489 e. The van der Waals surface area contributed by atoms with Crippen LogP contribution < -0.4 is 15.0 Å². The summed E-state index contributed by atoms with van der Waals surface area (Å²) in [6.07, 6.45) is 2.85. The highest BCUT2D eigenvalue weighted by atomic mass is 16.5. The number of anilines is 2. The molecule has 1 aliphatic rings. The van der Waals surface area contributed by atoms with Crippen molar-refractivity contribution in [1.29, 1.82) is 0 Å². The minimum Gasteiger partial charge on any atom is -0.489 e. The Morgan fingerprint density at radius 3 is 3.04 bits per heavy atom. The molecule has 0 bridgehead atoms. The van der Waals surface area contributed by atoms with Crippen LogP contribution in [-0.4, -0.2) is 29.0 Å². The van der Waals surface area contributed by atoms with Crippen LogP contribution in [-0.2, 0) is 11.3 Å². The van der Waals surface area contributed by atoms with Crippen LogP contribution in [0.2, 0.25) is 0 Å². The van der Waals surface area contributed by atoms with Gasteiger partial charge in [0.15, 0.2) is 5.75 Å². The lowest BCUT2D eigenvalue weighted by atomic mass is 10.1. The number of carbonyl (C=O) groups is 1. The number of carbonyl (C=O) groups excluding carboxylic acids is 1. The third kappa shape index (κ3) is 3.21. The summed E-state index contributed by atoms with van der Waals surface area (Å²) in [4.78, 5) is 22.6. The second-order valence-corrected chi connectivity index (χ2v) is 6.42. The molecule has 0 spiro atoms. The van der Waals surface area contributed by atoms with Crippen LogP contribution in [0.25, 0.3) is 10.9 Å². The minimum absolute atomic E-state index is 0.148. The zero-order valence-electron chi connectivity index (χ0n) is 15.1. The Labute approximate surface area is 157 Å². The summed E-state index contributed by atoms with van der Waals surface area (Å²) in [6, 6.07) is 12.0. The van der Waals surface area contributed by atoms with E-state index in [0.29, 0.717) is 37.0 Å². The molecule has 0 saturated heterocycles. The van der Waals surface area contributed by atoms with Crippen LogP contribution >= 0.6 is 0 Å². The van der Waals surface area contributed by atoms with Crippen LogP contribution in [0.15, 0.2) is 55.4 Å². The van der Waals surface area contributed by atoms with Gasteiger partial charge in [-0.3, -0.25) is 4.79 Å². The van der Waals surface area contributed by atoms with E-state index in [1.165, 1.54) is 18.0 Å². The highest BCUT2D eigenvalue weighted by Crippen LogP contribution is 2.40. The van der Waals surface area contributed by atoms with E-state index in [1.807, 2.05) is 18.2 Å². The predicted octanol–water partition coefficient (Wildman–Crippen LogP) is 3.46. The summed E-state index contributed by atoms with van der Waals surface area (Å²) in [5.41, 5.74) is 3.85. The molecule has 6 heteroatoms. The van der Waals surface area contributed by atoms with E-state index >= 15 is 0 Å². The number of ether oxygens (including phenoxy) is 1. The second kappa shape index (κ2) is 7.07. The summed E-state index contributed by atoms with van der Waals surface area (Å²) in [7, 11) is 0. The SMILES string of the molecule is C=CC(=O)N1CCOc2c1ccc1ncnc(NCc3cccc(C)c3)c21. The molecule has 3 aromatic rings. The van der Waals surface area contributed by atoms with E-state index in [-0.39, 0.29) is 5.91 Å². The number of nitrogens with one attached hydrogen (secondary N) is 1. The molecule has 1 amide bonds. The number of benzene rings is 2. The highest BCUT2D eigenvalue weighted by Gasteiger charge is 2.25. The molecule has 6 nitrogen and oxygen atoms in total. The first-order chi connectivity index (χ1) is 13.2. The van der Waals surface area contributed by atoms with Crippen molar-refractivity contribution in [1.82, 2.24) is 9.97 Å². The van der Waals surface area contributed by atoms with Gasteiger partial charge in [-0.15, -0.1) is 0 Å². The lowest BCUT2D eigenvalue weighted by Crippen LogP contribution is -2.36. The summed E-state index contributed by atoms with van der Waals surface area (Å²) in [5.74, 6) is 1.16. The quantitative estimate of drug-likeness (QED) is 0.722. The molecule has 0 saturated carbocycles. The van der Waals surface area contributed by atoms with Gasteiger partial charge >= 0.3 is 0 Å². The molecule has 1 aliphatic heterocycles. The molecule has 2 heterocycles. The van der Waals surface area contributed by atoms with Crippen molar-refractivity contribution in [3.05, 3.63) is 66.5 Å². The minimum atomic E-state index is -0.148. The van der Waals surface area contributed by atoms with Crippen LogP contribution in [0.5, 0.6) is 5.75 Å². The number of aromatic nitrogens is 2. The fourth-order valence-electron chi connectivity index (χ4n) is 3.31. The van der Waals surface area contributed by atoms with Gasteiger partial charge in [-0.2, -0.15) is 0 Å². The highest BCUT2D eigenvalue weighted by molar-refractivity contribution is 6.07. The maximum absolute atomic E-state index is 12.2. The first-order valence-corrected chi connectivity index (χ1v) is 8.81. The number of amides is 1. The van der Waals surface area contributed by atoms with Crippen molar-refractivity contribution < 1.29 is 9.53 Å². The third-order valence-electron chi connectivity index (χ3n) is 4.57. The molecule has 2 aromatic carbocycles. The maximum atomic E-state index is 12.2. The smallest absolute Gasteiger partial charge is 0.250 e. The average molecular weight is 360 g/mol. The topological polar surface area (TPSA) is 67.4 Å². The van der Waals surface area contributed by atoms with E-state index < -0.39 is 0 Å². The zero-order valence-corrected chi connectivity index (χ0v) is 15.1. The zero-order chi connectivity index (χ0) is 18.8. The van der Waals surface area contributed by atoms with Crippen molar-refractivity contribution >= 4 is 28.3 Å². The summed E-state index contributed by atoms with van der Waals surface area (Å²) in [6.45, 7) is 7.19. The lowest BCUT2D eigenvalue weighted by molar-refractivity contribution is -0.114. The van der Waals surface area contributed by atoms with Gasteiger partial charge in [0, 0.05) is 6.54 Å². The van der Waals surface area contributed by atoms with E-state index in [2.05, 4.69) is 47.0 Å². The van der Waals surface area contributed by atoms with E-state index in [0.717, 1.165) is 16.5 Å². The first-order valence-electron chi connectivity index (χ1n) is 8.81. The standard InChI is InChI=1S/C21H20N4O2/c1-3-18(26)25-9-10-27-20-17(25)8-7-16-19(20)21(24-13-23-16)22-12-15-6-4-5-14(2)11-15/h3-8,11,13H,1,9-10,12H2,2H3,(H,22,23,24). The lowest BCUT2D eigenvalue weighted by Gasteiger charge is -2.29. The molecule has 4 rings (SSSR count). The van der Waals surface area contributed by atoms with Gasteiger partial charge in [-0.25, -0.2) is 9.97 Å². The number of aryl methyl sites for hydroxylation is 1. The van der Waals surface area contributed by atoms with Crippen LogP contribution in [0.3, 0.4) is 0 Å². The number of nitrogens with zero attached hydrogens (tertiary/aromatic N) is 3. The van der Waals surface area contributed by atoms with Crippen molar-refractivity contribution in [2.45, 2.75) is 13.5 Å². The van der Waals surface area contributed by atoms with E-state index in [4.69, 9.17) is 4.74 Å². The average Bonchev–Trinajstić information content (AvgIpc) is 2.71. The molecule has 0 atom stereocenters. The summed E-state index contributed by atoms with van der Waals surface area (Å²) < 4.78 is 5.93. The molecule has 0 aliphatic carbocycles. The number of hydrogen-bond acceptors (Lipinski definition) is 5. The van der Waals surface area contributed by atoms with Gasteiger partial charge in [0.05, 0.1) is 23.1 Å².